The second-order valence-corrected chi connectivity index (χ2v) is 4.68. The molecule has 0 bridgehead atoms. The maximum atomic E-state index is 12.4. The number of hydrogen-bond acceptors (Lipinski definition) is 2. The largest absolute Gasteiger partial charge is 0.419 e. The van der Waals surface area contributed by atoms with E-state index in [9.17, 15) is 13.2 Å². The Morgan fingerprint density at radius 3 is 2.00 bits per heavy atom. The highest BCUT2D eigenvalue weighted by molar-refractivity contribution is 6.49. The van der Waals surface area contributed by atoms with E-state index in [4.69, 9.17) is 34.8 Å². The molecule has 0 amide bonds. The predicted octanol–water partition coefficient (Wildman–Crippen LogP) is 5.12. The Balaban J connectivity index is 2.46. The van der Waals surface area contributed by atoms with Gasteiger partial charge in [-0.1, -0.05) is 34.8 Å². The lowest BCUT2D eigenvalue weighted by Gasteiger charge is -2.08. The van der Waals surface area contributed by atoms with Crippen molar-refractivity contribution in [2.75, 3.05) is 0 Å². The molecule has 0 atom stereocenters. The maximum Gasteiger partial charge on any atom is 0.419 e. The summed E-state index contributed by atoms with van der Waals surface area (Å²) in [6, 6.07) is 2.95. The first kappa shape index (κ1) is 14.4. The lowest BCUT2D eigenvalue weighted by molar-refractivity contribution is -0.138. The number of hydrogen-bond donors (Lipinski definition) is 0. The fourth-order valence-electron chi connectivity index (χ4n) is 1.31. The van der Waals surface area contributed by atoms with Crippen molar-refractivity contribution in [3.8, 4) is 11.4 Å². The first-order valence-corrected chi connectivity index (χ1v) is 5.97. The minimum atomic E-state index is -4.49. The highest BCUT2D eigenvalue weighted by Gasteiger charge is 2.31. The average molecular weight is 328 g/mol. The summed E-state index contributed by atoms with van der Waals surface area (Å²) < 4.78 is 37.1. The molecule has 0 fully saturated rings. The summed E-state index contributed by atoms with van der Waals surface area (Å²) in [5.41, 5.74) is -0.628. The van der Waals surface area contributed by atoms with E-state index in [1.807, 2.05) is 0 Å². The van der Waals surface area contributed by atoms with Gasteiger partial charge in [-0.2, -0.15) is 13.2 Å². The monoisotopic (exact) mass is 326 g/mol. The third-order valence-corrected chi connectivity index (χ3v) is 3.55. The van der Waals surface area contributed by atoms with E-state index < -0.39 is 11.7 Å². The zero-order chi connectivity index (χ0) is 14.2. The van der Waals surface area contributed by atoms with Gasteiger partial charge in [-0.3, -0.25) is 0 Å². The Labute approximate surface area is 121 Å². The molecule has 0 radical (unpaired) electrons. The number of halogens is 6. The Morgan fingerprint density at radius 2 is 1.47 bits per heavy atom. The lowest BCUT2D eigenvalue weighted by atomic mass is 10.2. The molecule has 2 aromatic rings. The molecular formula is C11H4Cl3F3N2. The van der Waals surface area contributed by atoms with E-state index in [1.165, 1.54) is 12.1 Å². The zero-order valence-electron chi connectivity index (χ0n) is 8.97. The molecular weight excluding hydrogens is 323 g/mol. The molecule has 0 saturated carbocycles. The van der Waals surface area contributed by atoms with E-state index in [0.717, 1.165) is 0 Å². The van der Waals surface area contributed by atoms with Gasteiger partial charge in [-0.25, -0.2) is 9.97 Å². The Morgan fingerprint density at radius 1 is 0.895 bits per heavy atom. The summed E-state index contributed by atoms with van der Waals surface area (Å²) in [6.07, 6.45) is -3.12. The Kier molecular flexibility index (Phi) is 3.90. The van der Waals surface area contributed by atoms with Gasteiger partial charge in [0.2, 0.25) is 0 Å². The second-order valence-electron chi connectivity index (χ2n) is 3.52. The molecule has 0 aliphatic heterocycles. The first-order valence-electron chi connectivity index (χ1n) is 4.84. The SMILES string of the molecule is FC(F)(F)c1cnc(-c2ccc(Cl)c(Cl)c2Cl)nc1. The van der Waals surface area contributed by atoms with Crippen LogP contribution in [0.5, 0.6) is 0 Å². The van der Waals surface area contributed by atoms with E-state index in [1.54, 1.807) is 0 Å². The van der Waals surface area contributed by atoms with Crippen LogP contribution in [0.15, 0.2) is 24.5 Å². The molecule has 8 heteroatoms. The molecule has 2 rings (SSSR count). The number of benzene rings is 1. The third kappa shape index (κ3) is 2.94. The van der Waals surface area contributed by atoms with Gasteiger partial charge in [0, 0.05) is 18.0 Å². The topological polar surface area (TPSA) is 25.8 Å². The summed E-state index contributed by atoms with van der Waals surface area (Å²) in [4.78, 5) is 7.26. The van der Waals surface area contributed by atoms with Crippen LogP contribution < -0.4 is 0 Å². The van der Waals surface area contributed by atoms with Gasteiger partial charge >= 0.3 is 6.18 Å². The van der Waals surface area contributed by atoms with Gasteiger partial charge in [0.15, 0.2) is 5.82 Å². The van der Waals surface area contributed by atoms with Crippen molar-refractivity contribution in [1.82, 2.24) is 9.97 Å². The van der Waals surface area contributed by atoms with Crippen molar-refractivity contribution in [2.24, 2.45) is 0 Å². The standard InChI is InChI=1S/C11H4Cl3F3N2/c12-7-2-1-6(8(13)9(7)14)10-18-3-5(4-19-10)11(15,16)17/h1-4H. The molecule has 19 heavy (non-hydrogen) atoms. The zero-order valence-corrected chi connectivity index (χ0v) is 11.2. The van der Waals surface area contributed by atoms with Crippen LogP contribution in [-0.2, 0) is 6.18 Å². The van der Waals surface area contributed by atoms with Crippen LogP contribution in [-0.4, -0.2) is 9.97 Å². The molecule has 0 aliphatic rings. The molecule has 0 unspecified atom stereocenters. The van der Waals surface area contributed by atoms with Crippen molar-refractivity contribution in [1.29, 1.82) is 0 Å². The van der Waals surface area contributed by atoms with Crippen molar-refractivity contribution < 1.29 is 13.2 Å². The second kappa shape index (κ2) is 5.15. The quantitative estimate of drug-likeness (QED) is 0.679. The molecule has 0 saturated heterocycles. The predicted molar refractivity (Wildman–Crippen MR) is 67.5 cm³/mol. The van der Waals surface area contributed by atoms with Gasteiger partial charge < -0.3 is 0 Å². The Hall–Kier alpha value is -1.04. The molecule has 1 heterocycles. The molecule has 100 valence electrons. The molecule has 2 nitrogen and oxygen atoms in total. The van der Waals surface area contributed by atoms with Crippen molar-refractivity contribution in [3.05, 3.63) is 45.2 Å². The fourth-order valence-corrected chi connectivity index (χ4v) is 1.93. The van der Waals surface area contributed by atoms with Gasteiger partial charge in [-0.15, -0.1) is 0 Å². The summed E-state index contributed by atoms with van der Waals surface area (Å²) in [5.74, 6) is 0.0385. The minimum Gasteiger partial charge on any atom is -0.236 e. The molecule has 1 aromatic heterocycles. The van der Waals surface area contributed by atoms with Gasteiger partial charge in [0.25, 0.3) is 0 Å². The van der Waals surface area contributed by atoms with Gasteiger partial charge in [0.05, 0.1) is 20.6 Å². The normalized spacial score (nSPS) is 11.7. The van der Waals surface area contributed by atoms with Crippen LogP contribution in [0.3, 0.4) is 0 Å². The van der Waals surface area contributed by atoms with Crippen LogP contribution in [0.25, 0.3) is 11.4 Å². The third-order valence-electron chi connectivity index (χ3n) is 2.26. The average Bonchev–Trinajstić information content (AvgIpc) is 2.35. The highest BCUT2D eigenvalue weighted by atomic mass is 35.5. The number of rotatable bonds is 1. The smallest absolute Gasteiger partial charge is 0.236 e. The van der Waals surface area contributed by atoms with Gasteiger partial charge in [-0.05, 0) is 12.1 Å². The minimum absolute atomic E-state index is 0.0385. The van der Waals surface area contributed by atoms with E-state index in [0.29, 0.717) is 18.0 Å². The molecule has 0 aliphatic carbocycles. The van der Waals surface area contributed by atoms with Gasteiger partial charge in [0.1, 0.15) is 0 Å². The first-order chi connectivity index (χ1) is 8.80. The summed E-state index contributed by atoms with van der Waals surface area (Å²) in [7, 11) is 0. The summed E-state index contributed by atoms with van der Waals surface area (Å²) in [5, 5.41) is 0.431. The molecule has 0 N–H and O–H groups in total. The number of alkyl halides is 3. The maximum absolute atomic E-state index is 12.4. The Bertz CT molecular complexity index is 612. The summed E-state index contributed by atoms with van der Waals surface area (Å²) >= 11 is 17.5. The molecule has 0 spiro atoms. The highest BCUT2D eigenvalue weighted by Crippen LogP contribution is 2.37. The van der Waals surface area contributed by atoms with Crippen LogP contribution in [0.1, 0.15) is 5.56 Å². The summed E-state index contributed by atoms with van der Waals surface area (Å²) in [6.45, 7) is 0. The van der Waals surface area contributed by atoms with E-state index in [2.05, 4.69) is 9.97 Å². The number of aromatic nitrogens is 2. The van der Waals surface area contributed by atoms with Crippen molar-refractivity contribution >= 4 is 34.8 Å². The van der Waals surface area contributed by atoms with Crippen LogP contribution >= 0.6 is 34.8 Å². The fraction of sp³-hybridized carbons (Fsp3) is 0.0909. The number of nitrogens with zero attached hydrogens (tertiary/aromatic N) is 2. The van der Waals surface area contributed by atoms with Crippen LogP contribution in [0.4, 0.5) is 13.2 Å². The van der Waals surface area contributed by atoms with Crippen LogP contribution in [0, 0.1) is 0 Å². The van der Waals surface area contributed by atoms with E-state index >= 15 is 0 Å². The van der Waals surface area contributed by atoms with Crippen LogP contribution in [0.2, 0.25) is 15.1 Å². The van der Waals surface area contributed by atoms with E-state index in [-0.39, 0.29) is 20.9 Å². The molecule has 1 aromatic carbocycles. The van der Waals surface area contributed by atoms with Crippen molar-refractivity contribution in [2.45, 2.75) is 6.18 Å². The lowest BCUT2D eigenvalue weighted by Crippen LogP contribution is -2.06. The van der Waals surface area contributed by atoms with Crippen molar-refractivity contribution in [3.63, 3.8) is 0 Å².